The average molecular weight is 319 g/mol. The van der Waals surface area contributed by atoms with Gasteiger partial charge in [-0.2, -0.15) is 0 Å². The Labute approximate surface area is 132 Å². The summed E-state index contributed by atoms with van der Waals surface area (Å²) in [6.45, 7) is 0. The van der Waals surface area contributed by atoms with Crippen LogP contribution in [0.5, 0.6) is 0 Å². The Balaban J connectivity index is 1.68. The molecule has 1 aromatic heterocycles. The summed E-state index contributed by atoms with van der Waals surface area (Å²) in [5.41, 5.74) is 6.63. The fourth-order valence-corrected chi connectivity index (χ4v) is 3.49. The zero-order valence-corrected chi connectivity index (χ0v) is 12.9. The van der Waals surface area contributed by atoms with E-state index in [4.69, 9.17) is 5.73 Å². The minimum absolute atomic E-state index is 0.158. The first-order valence-corrected chi connectivity index (χ1v) is 8.28. The first-order chi connectivity index (χ1) is 10.6. The maximum absolute atomic E-state index is 13.7. The summed E-state index contributed by atoms with van der Waals surface area (Å²) >= 11 is 1.28. The highest BCUT2D eigenvalue weighted by Crippen LogP contribution is 2.26. The molecule has 0 aliphatic heterocycles. The maximum Gasteiger partial charge on any atom is 0.270 e. The zero-order valence-electron chi connectivity index (χ0n) is 12.1. The quantitative estimate of drug-likeness (QED) is 0.914. The van der Waals surface area contributed by atoms with E-state index in [-0.39, 0.29) is 23.8 Å². The molecule has 22 heavy (non-hydrogen) atoms. The standard InChI is InChI=1S/C16H18FN3OS/c17-13-4-2-1-3-12(13)16-20-14(9-22-16)15(21)19-11-7-5-10(18)6-8-11/h1-4,9-11H,5-8,18H2,(H,19,21). The van der Waals surface area contributed by atoms with Gasteiger partial charge in [0.2, 0.25) is 0 Å². The van der Waals surface area contributed by atoms with Gasteiger partial charge in [-0.25, -0.2) is 9.37 Å². The van der Waals surface area contributed by atoms with Crippen LogP contribution in [0.1, 0.15) is 36.2 Å². The lowest BCUT2D eigenvalue weighted by Crippen LogP contribution is -2.40. The van der Waals surface area contributed by atoms with E-state index in [0.29, 0.717) is 16.3 Å². The predicted octanol–water partition coefficient (Wildman–Crippen LogP) is 2.95. The zero-order chi connectivity index (χ0) is 15.5. The van der Waals surface area contributed by atoms with E-state index < -0.39 is 0 Å². The van der Waals surface area contributed by atoms with E-state index in [0.717, 1.165) is 25.7 Å². The Hall–Kier alpha value is -1.79. The number of hydrogen-bond donors (Lipinski definition) is 2. The second kappa shape index (κ2) is 6.54. The van der Waals surface area contributed by atoms with Crippen molar-refractivity contribution in [3.8, 4) is 10.6 Å². The molecule has 1 aliphatic rings. The molecule has 4 nitrogen and oxygen atoms in total. The van der Waals surface area contributed by atoms with E-state index in [1.165, 1.54) is 17.4 Å². The van der Waals surface area contributed by atoms with E-state index in [1.807, 2.05) is 0 Å². The van der Waals surface area contributed by atoms with Gasteiger partial charge in [-0.05, 0) is 37.8 Å². The van der Waals surface area contributed by atoms with Crippen molar-refractivity contribution in [2.75, 3.05) is 0 Å². The smallest absolute Gasteiger partial charge is 0.270 e. The second-order valence-corrected chi connectivity index (χ2v) is 6.46. The van der Waals surface area contributed by atoms with Gasteiger partial charge in [0.15, 0.2) is 0 Å². The molecule has 3 N–H and O–H groups in total. The fraction of sp³-hybridized carbons (Fsp3) is 0.375. The molecular formula is C16H18FN3OS. The Morgan fingerprint density at radius 2 is 2.00 bits per heavy atom. The molecule has 0 saturated heterocycles. The molecule has 0 unspecified atom stereocenters. The van der Waals surface area contributed by atoms with Crippen LogP contribution in [0.15, 0.2) is 29.6 Å². The Morgan fingerprint density at radius 3 is 2.73 bits per heavy atom. The first-order valence-electron chi connectivity index (χ1n) is 7.40. The van der Waals surface area contributed by atoms with Crippen LogP contribution < -0.4 is 11.1 Å². The summed E-state index contributed by atoms with van der Waals surface area (Å²) < 4.78 is 13.7. The average Bonchev–Trinajstić information content (AvgIpc) is 3.00. The summed E-state index contributed by atoms with van der Waals surface area (Å²) in [7, 11) is 0. The number of hydrogen-bond acceptors (Lipinski definition) is 4. The molecule has 0 atom stereocenters. The van der Waals surface area contributed by atoms with Gasteiger partial charge >= 0.3 is 0 Å². The van der Waals surface area contributed by atoms with Gasteiger partial charge in [0.05, 0.1) is 0 Å². The van der Waals surface area contributed by atoms with Crippen molar-refractivity contribution in [2.24, 2.45) is 5.73 Å². The third-order valence-electron chi connectivity index (χ3n) is 3.95. The molecule has 0 radical (unpaired) electrons. The van der Waals surface area contributed by atoms with Crippen LogP contribution in [0.2, 0.25) is 0 Å². The van der Waals surface area contributed by atoms with E-state index in [2.05, 4.69) is 10.3 Å². The predicted molar refractivity (Wildman–Crippen MR) is 85.2 cm³/mol. The number of halogens is 1. The van der Waals surface area contributed by atoms with Gasteiger partial charge in [0, 0.05) is 23.0 Å². The monoisotopic (exact) mass is 319 g/mol. The highest BCUT2D eigenvalue weighted by molar-refractivity contribution is 7.13. The molecule has 116 valence electrons. The van der Waals surface area contributed by atoms with Gasteiger partial charge < -0.3 is 11.1 Å². The third-order valence-corrected chi connectivity index (χ3v) is 4.82. The number of amides is 1. The highest BCUT2D eigenvalue weighted by Gasteiger charge is 2.22. The number of nitrogens with zero attached hydrogens (tertiary/aromatic N) is 1. The van der Waals surface area contributed by atoms with Gasteiger partial charge in [-0.3, -0.25) is 4.79 Å². The van der Waals surface area contributed by atoms with Crippen molar-refractivity contribution < 1.29 is 9.18 Å². The number of carbonyl (C=O) groups is 1. The molecular weight excluding hydrogens is 301 g/mol. The largest absolute Gasteiger partial charge is 0.348 e. The van der Waals surface area contributed by atoms with Crippen LogP contribution in [0.25, 0.3) is 10.6 Å². The number of benzene rings is 1. The van der Waals surface area contributed by atoms with E-state index in [1.54, 1.807) is 23.6 Å². The van der Waals surface area contributed by atoms with Crippen LogP contribution >= 0.6 is 11.3 Å². The molecule has 0 spiro atoms. The molecule has 3 rings (SSSR count). The minimum atomic E-state index is -0.329. The number of rotatable bonds is 3. The van der Waals surface area contributed by atoms with Crippen molar-refractivity contribution in [1.29, 1.82) is 0 Å². The van der Waals surface area contributed by atoms with Crippen molar-refractivity contribution >= 4 is 17.2 Å². The number of aromatic nitrogens is 1. The van der Waals surface area contributed by atoms with Crippen molar-refractivity contribution in [1.82, 2.24) is 10.3 Å². The van der Waals surface area contributed by atoms with Gasteiger partial charge in [-0.1, -0.05) is 12.1 Å². The maximum atomic E-state index is 13.7. The van der Waals surface area contributed by atoms with Crippen LogP contribution in [-0.2, 0) is 0 Å². The van der Waals surface area contributed by atoms with E-state index in [9.17, 15) is 9.18 Å². The first kappa shape index (κ1) is 15.1. The van der Waals surface area contributed by atoms with Gasteiger partial charge in [0.25, 0.3) is 5.91 Å². The molecule has 1 heterocycles. The van der Waals surface area contributed by atoms with Gasteiger partial charge in [0.1, 0.15) is 16.5 Å². The number of thiazole rings is 1. The SMILES string of the molecule is NC1CCC(NC(=O)c2csc(-c3ccccc3F)n2)CC1. The normalized spacial score (nSPS) is 21.5. The molecule has 1 aromatic carbocycles. The molecule has 6 heteroatoms. The van der Waals surface area contributed by atoms with Crippen molar-refractivity contribution in [3.63, 3.8) is 0 Å². The summed E-state index contributed by atoms with van der Waals surface area (Å²) in [5, 5.41) is 5.19. The Morgan fingerprint density at radius 1 is 1.27 bits per heavy atom. The Kier molecular flexibility index (Phi) is 4.49. The summed E-state index contributed by atoms with van der Waals surface area (Å²) in [5.74, 6) is -0.524. The topological polar surface area (TPSA) is 68.0 Å². The van der Waals surface area contributed by atoms with Gasteiger partial charge in [-0.15, -0.1) is 11.3 Å². The van der Waals surface area contributed by atoms with E-state index >= 15 is 0 Å². The Bertz CT molecular complexity index is 665. The van der Waals surface area contributed by atoms with Crippen LogP contribution in [-0.4, -0.2) is 23.0 Å². The lowest BCUT2D eigenvalue weighted by atomic mass is 9.92. The second-order valence-electron chi connectivity index (χ2n) is 5.60. The third kappa shape index (κ3) is 3.34. The van der Waals surface area contributed by atoms with Crippen LogP contribution in [0.3, 0.4) is 0 Å². The lowest BCUT2D eigenvalue weighted by molar-refractivity contribution is 0.0921. The van der Waals surface area contributed by atoms with Crippen LogP contribution in [0, 0.1) is 5.82 Å². The number of nitrogens with two attached hydrogens (primary N) is 1. The molecule has 1 aliphatic carbocycles. The van der Waals surface area contributed by atoms with Crippen molar-refractivity contribution in [3.05, 3.63) is 41.2 Å². The number of nitrogens with one attached hydrogen (secondary N) is 1. The van der Waals surface area contributed by atoms with Crippen LogP contribution in [0.4, 0.5) is 4.39 Å². The highest BCUT2D eigenvalue weighted by atomic mass is 32.1. The lowest BCUT2D eigenvalue weighted by Gasteiger charge is -2.26. The summed E-state index contributed by atoms with van der Waals surface area (Å²) in [6, 6.07) is 6.85. The van der Waals surface area contributed by atoms with Crippen molar-refractivity contribution in [2.45, 2.75) is 37.8 Å². The molecule has 1 saturated carbocycles. The summed E-state index contributed by atoms with van der Waals surface area (Å²) in [6.07, 6.45) is 3.67. The number of carbonyl (C=O) groups excluding carboxylic acids is 1. The summed E-state index contributed by atoms with van der Waals surface area (Å²) in [4.78, 5) is 16.5. The fourth-order valence-electron chi connectivity index (χ4n) is 2.66. The molecule has 2 aromatic rings. The molecule has 1 fully saturated rings. The minimum Gasteiger partial charge on any atom is -0.348 e. The molecule has 0 bridgehead atoms. The molecule has 1 amide bonds.